The summed E-state index contributed by atoms with van der Waals surface area (Å²) in [5.74, 6) is 0. The Bertz CT molecular complexity index is 293. The SMILES string of the molecule is O[C@@H]1ONS[C@@H]1c1ccc(Cl)cc1. The van der Waals surface area contributed by atoms with Gasteiger partial charge in [-0.1, -0.05) is 23.7 Å². The molecule has 70 valence electrons. The van der Waals surface area contributed by atoms with Crippen LogP contribution in [0.25, 0.3) is 0 Å². The molecule has 0 unspecified atom stereocenters. The third-order valence-corrected chi connectivity index (χ3v) is 3.00. The number of hydrogen-bond acceptors (Lipinski definition) is 4. The topological polar surface area (TPSA) is 41.5 Å². The monoisotopic (exact) mass is 217 g/mol. The van der Waals surface area contributed by atoms with Crippen LogP contribution in [0, 0.1) is 0 Å². The van der Waals surface area contributed by atoms with Crippen LogP contribution in [0.2, 0.25) is 5.02 Å². The van der Waals surface area contributed by atoms with Crippen molar-refractivity contribution in [1.29, 1.82) is 0 Å². The molecule has 3 nitrogen and oxygen atoms in total. The zero-order chi connectivity index (χ0) is 9.26. The molecule has 0 amide bonds. The second-order valence-electron chi connectivity index (χ2n) is 2.68. The van der Waals surface area contributed by atoms with Gasteiger partial charge in [0.15, 0.2) is 6.29 Å². The van der Waals surface area contributed by atoms with Gasteiger partial charge in [-0.05, 0) is 29.6 Å². The normalized spacial score (nSPS) is 27.8. The Morgan fingerprint density at radius 3 is 2.62 bits per heavy atom. The maximum Gasteiger partial charge on any atom is 0.193 e. The number of halogens is 1. The first kappa shape index (κ1) is 9.30. The van der Waals surface area contributed by atoms with E-state index in [0.717, 1.165) is 5.56 Å². The van der Waals surface area contributed by atoms with Crippen LogP contribution in [0.5, 0.6) is 0 Å². The summed E-state index contributed by atoms with van der Waals surface area (Å²) in [4.78, 5) is 7.35. The van der Waals surface area contributed by atoms with Crippen molar-refractivity contribution in [2.75, 3.05) is 0 Å². The Labute approximate surface area is 85.1 Å². The van der Waals surface area contributed by atoms with Crippen LogP contribution in [0.1, 0.15) is 10.8 Å². The second-order valence-corrected chi connectivity index (χ2v) is 4.03. The molecule has 0 bridgehead atoms. The van der Waals surface area contributed by atoms with Crippen LogP contribution in [0.15, 0.2) is 24.3 Å². The molecule has 1 heterocycles. The molecule has 0 radical (unpaired) electrons. The fourth-order valence-electron chi connectivity index (χ4n) is 1.13. The minimum atomic E-state index is -0.800. The fraction of sp³-hybridized carbons (Fsp3) is 0.250. The zero-order valence-electron chi connectivity index (χ0n) is 6.61. The van der Waals surface area contributed by atoms with Gasteiger partial charge in [0, 0.05) is 5.02 Å². The van der Waals surface area contributed by atoms with E-state index in [1.807, 2.05) is 12.1 Å². The van der Waals surface area contributed by atoms with Crippen LogP contribution in [0.4, 0.5) is 0 Å². The van der Waals surface area contributed by atoms with Gasteiger partial charge in [-0.3, -0.25) is 4.84 Å². The highest BCUT2D eigenvalue weighted by Crippen LogP contribution is 2.35. The van der Waals surface area contributed by atoms with E-state index in [2.05, 4.69) is 4.89 Å². The van der Waals surface area contributed by atoms with E-state index < -0.39 is 6.29 Å². The minimum absolute atomic E-state index is 0.0859. The second kappa shape index (κ2) is 3.86. The molecule has 0 aromatic heterocycles. The van der Waals surface area contributed by atoms with Crippen LogP contribution >= 0.6 is 23.5 Å². The first-order chi connectivity index (χ1) is 6.27. The van der Waals surface area contributed by atoms with Gasteiger partial charge in [-0.15, -0.1) is 4.89 Å². The van der Waals surface area contributed by atoms with Gasteiger partial charge in [0.05, 0.1) is 5.25 Å². The van der Waals surface area contributed by atoms with Crippen molar-refractivity contribution < 1.29 is 9.94 Å². The van der Waals surface area contributed by atoms with Crippen molar-refractivity contribution in [1.82, 2.24) is 4.89 Å². The third kappa shape index (κ3) is 1.98. The van der Waals surface area contributed by atoms with Gasteiger partial charge < -0.3 is 5.11 Å². The number of aliphatic hydroxyl groups excluding tert-OH is 1. The average Bonchev–Trinajstić information content (AvgIpc) is 2.53. The molecule has 0 spiro atoms. The number of nitrogens with one attached hydrogen (secondary N) is 1. The largest absolute Gasteiger partial charge is 0.365 e. The van der Waals surface area contributed by atoms with Crippen LogP contribution in [-0.4, -0.2) is 11.4 Å². The lowest BCUT2D eigenvalue weighted by atomic mass is 10.1. The molecule has 0 aliphatic carbocycles. The van der Waals surface area contributed by atoms with E-state index in [1.54, 1.807) is 12.1 Å². The average molecular weight is 218 g/mol. The van der Waals surface area contributed by atoms with Crippen molar-refractivity contribution in [2.24, 2.45) is 0 Å². The highest BCUT2D eigenvalue weighted by atomic mass is 35.5. The van der Waals surface area contributed by atoms with Gasteiger partial charge in [0.25, 0.3) is 0 Å². The van der Waals surface area contributed by atoms with Gasteiger partial charge >= 0.3 is 0 Å². The first-order valence-corrected chi connectivity index (χ1v) is 5.03. The molecule has 13 heavy (non-hydrogen) atoms. The summed E-state index contributed by atoms with van der Waals surface area (Å²) >= 11 is 7.08. The van der Waals surface area contributed by atoms with Gasteiger partial charge in [0.1, 0.15) is 0 Å². The molecule has 2 N–H and O–H groups in total. The molecule has 1 aromatic rings. The van der Waals surface area contributed by atoms with E-state index in [-0.39, 0.29) is 5.25 Å². The highest BCUT2D eigenvalue weighted by molar-refractivity contribution is 7.97. The van der Waals surface area contributed by atoms with Crippen LogP contribution < -0.4 is 4.89 Å². The maximum absolute atomic E-state index is 9.37. The summed E-state index contributed by atoms with van der Waals surface area (Å²) in [5.41, 5.74) is 0.993. The Hall–Kier alpha value is -0.260. The quantitative estimate of drug-likeness (QED) is 0.705. The Morgan fingerprint density at radius 1 is 1.38 bits per heavy atom. The Morgan fingerprint density at radius 2 is 2.08 bits per heavy atom. The van der Waals surface area contributed by atoms with Gasteiger partial charge in [0.2, 0.25) is 0 Å². The molecule has 0 saturated carbocycles. The van der Waals surface area contributed by atoms with E-state index in [4.69, 9.17) is 16.4 Å². The predicted molar refractivity (Wildman–Crippen MR) is 52.0 cm³/mol. The zero-order valence-corrected chi connectivity index (χ0v) is 8.18. The predicted octanol–water partition coefficient (Wildman–Crippen LogP) is 1.88. The van der Waals surface area contributed by atoms with Crippen molar-refractivity contribution in [3.8, 4) is 0 Å². The summed E-state index contributed by atoms with van der Waals surface area (Å²) in [6.45, 7) is 0. The molecule has 2 rings (SSSR count). The lowest BCUT2D eigenvalue weighted by Crippen LogP contribution is -2.12. The molecule has 1 aromatic carbocycles. The lowest BCUT2D eigenvalue weighted by Gasteiger charge is -2.09. The maximum atomic E-state index is 9.37. The Kier molecular flexibility index (Phi) is 2.76. The standard InChI is InChI=1S/C8H8ClNO2S/c9-6-3-1-5(2-4-6)7-8(11)12-10-13-7/h1-4,7-8,10-11H/t7-,8-/m1/s1. The van der Waals surface area contributed by atoms with Crippen molar-refractivity contribution in [3.63, 3.8) is 0 Å². The van der Waals surface area contributed by atoms with Crippen LogP contribution in [0.3, 0.4) is 0 Å². The van der Waals surface area contributed by atoms with Crippen LogP contribution in [-0.2, 0) is 4.84 Å². The summed E-state index contributed by atoms with van der Waals surface area (Å²) < 4.78 is 0. The summed E-state index contributed by atoms with van der Waals surface area (Å²) in [6, 6.07) is 7.34. The van der Waals surface area contributed by atoms with Crippen molar-refractivity contribution in [3.05, 3.63) is 34.9 Å². The third-order valence-electron chi connectivity index (χ3n) is 1.80. The van der Waals surface area contributed by atoms with E-state index >= 15 is 0 Å². The van der Waals surface area contributed by atoms with E-state index in [1.165, 1.54) is 11.9 Å². The smallest absolute Gasteiger partial charge is 0.193 e. The number of hydrogen-bond donors (Lipinski definition) is 2. The van der Waals surface area contributed by atoms with Crippen molar-refractivity contribution in [2.45, 2.75) is 11.5 Å². The molecular formula is C8H8ClNO2S. The number of rotatable bonds is 1. The molecule has 5 heteroatoms. The lowest BCUT2D eigenvalue weighted by molar-refractivity contribution is -0.103. The molecule has 1 saturated heterocycles. The van der Waals surface area contributed by atoms with Gasteiger partial charge in [-0.25, -0.2) is 0 Å². The molecular weight excluding hydrogens is 210 g/mol. The Balaban J connectivity index is 2.20. The highest BCUT2D eigenvalue weighted by Gasteiger charge is 2.28. The van der Waals surface area contributed by atoms with E-state index in [9.17, 15) is 5.11 Å². The molecule has 1 fully saturated rings. The summed E-state index contributed by atoms with van der Waals surface area (Å²) in [7, 11) is 0. The minimum Gasteiger partial charge on any atom is -0.365 e. The molecule has 1 aliphatic rings. The molecule has 1 aliphatic heterocycles. The summed E-state index contributed by atoms with van der Waals surface area (Å²) in [6.07, 6.45) is -0.800. The van der Waals surface area contributed by atoms with E-state index in [0.29, 0.717) is 5.02 Å². The fourth-order valence-corrected chi connectivity index (χ4v) is 1.98. The van der Waals surface area contributed by atoms with Gasteiger partial charge in [-0.2, -0.15) is 0 Å². The first-order valence-electron chi connectivity index (χ1n) is 3.77. The summed E-state index contributed by atoms with van der Waals surface area (Å²) in [5, 5.41) is 9.98. The number of benzene rings is 1. The number of aliphatic hydroxyl groups is 1. The van der Waals surface area contributed by atoms with Crippen molar-refractivity contribution >= 4 is 23.5 Å². The molecule has 2 atom stereocenters.